The van der Waals surface area contributed by atoms with Crippen molar-refractivity contribution in [3.05, 3.63) is 0 Å². The van der Waals surface area contributed by atoms with Gasteiger partial charge in [-0.3, -0.25) is 0 Å². The molecule has 13 heavy (non-hydrogen) atoms. The van der Waals surface area contributed by atoms with Crippen LogP contribution in [0.4, 0.5) is 0 Å². The fourth-order valence-electron chi connectivity index (χ4n) is 1.69. The van der Waals surface area contributed by atoms with Gasteiger partial charge in [0.2, 0.25) is 0 Å². The van der Waals surface area contributed by atoms with Crippen molar-refractivity contribution in [3.63, 3.8) is 0 Å². The van der Waals surface area contributed by atoms with E-state index in [2.05, 4.69) is 27.7 Å². The zero-order valence-electron chi connectivity index (χ0n) is 9.83. The molecule has 1 atom stereocenters. The van der Waals surface area contributed by atoms with Crippen molar-refractivity contribution in [3.8, 4) is 0 Å². The van der Waals surface area contributed by atoms with Crippen LogP contribution in [0.1, 0.15) is 27.7 Å². The Kier molecular flexibility index (Phi) is 6.64. The van der Waals surface area contributed by atoms with Crippen molar-refractivity contribution in [1.82, 2.24) is 0 Å². The summed E-state index contributed by atoms with van der Waals surface area (Å²) in [6.45, 7) is 9.10. The molecule has 0 N–H and O–H groups in total. The summed E-state index contributed by atoms with van der Waals surface area (Å²) in [6, 6.07) is 1.30. The minimum atomic E-state index is -0.924. The number of hydrogen-bond donors (Lipinski definition) is 0. The number of ether oxygens (including phenoxy) is 2. The number of rotatable bonds is 6. The monoisotopic (exact) mass is 204 g/mol. The smallest absolute Gasteiger partial charge is 0.137 e. The van der Waals surface area contributed by atoms with Gasteiger partial charge < -0.3 is 9.47 Å². The predicted octanol–water partition coefficient (Wildman–Crippen LogP) is 2.44. The van der Waals surface area contributed by atoms with E-state index in [1.165, 1.54) is 6.04 Å². The highest BCUT2D eigenvalue weighted by molar-refractivity contribution is 6.61. The summed E-state index contributed by atoms with van der Waals surface area (Å²) in [5.41, 5.74) is 0.743. The van der Waals surface area contributed by atoms with Gasteiger partial charge in [-0.05, 0) is 11.5 Å². The number of methoxy groups -OCH3 is 2. The van der Waals surface area contributed by atoms with Crippen LogP contribution in [0.5, 0.6) is 0 Å². The van der Waals surface area contributed by atoms with Crippen molar-refractivity contribution >= 4 is 8.80 Å². The van der Waals surface area contributed by atoms with E-state index in [9.17, 15) is 0 Å². The summed E-state index contributed by atoms with van der Waals surface area (Å²) in [6.07, 6.45) is 0. The molecule has 1 unspecified atom stereocenters. The highest BCUT2D eigenvalue weighted by Crippen LogP contribution is 2.21. The summed E-state index contributed by atoms with van der Waals surface area (Å²) >= 11 is 0. The first kappa shape index (κ1) is 13.1. The zero-order chi connectivity index (χ0) is 10.4. The molecule has 0 fully saturated rings. The van der Waals surface area contributed by atoms with Gasteiger partial charge in [0.15, 0.2) is 0 Å². The quantitative estimate of drug-likeness (QED) is 0.489. The molecule has 0 aliphatic rings. The second-order valence-electron chi connectivity index (χ2n) is 4.38. The van der Waals surface area contributed by atoms with Crippen molar-refractivity contribution in [2.75, 3.05) is 14.2 Å². The molecule has 0 rings (SSSR count). The molecule has 0 aliphatic heterocycles. The molecular formula is C10H24O2Si. The van der Waals surface area contributed by atoms with Crippen LogP contribution in [0.3, 0.4) is 0 Å². The SMILES string of the molecule is COC(OC)[SiH](CC(C)C)C(C)C. The summed E-state index contributed by atoms with van der Waals surface area (Å²) < 4.78 is 10.7. The molecule has 0 saturated heterocycles. The molecule has 0 aliphatic carbocycles. The standard InChI is InChI=1S/C10H24O2Si/c1-8(2)7-13(9(3)4)10(11-5)12-6/h8-10,13H,7H2,1-6H3. The fraction of sp³-hybridized carbons (Fsp3) is 1.00. The van der Waals surface area contributed by atoms with Crippen molar-refractivity contribution in [2.24, 2.45) is 5.92 Å². The summed E-state index contributed by atoms with van der Waals surface area (Å²) in [7, 11) is 2.57. The molecule has 80 valence electrons. The van der Waals surface area contributed by atoms with E-state index in [-0.39, 0.29) is 5.91 Å². The summed E-state index contributed by atoms with van der Waals surface area (Å²) in [5, 5.41) is 0. The molecule has 0 aromatic heterocycles. The molecule has 2 nitrogen and oxygen atoms in total. The molecule has 0 amide bonds. The minimum Gasteiger partial charge on any atom is -0.360 e. The first-order chi connectivity index (χ1) is 6.02. The molecule has 0 bridgehead atoms. The Morgan fingerprint density at radius 1 is 1.00 bits per heavy atom. The van der Waals surface area contributed by atoms with E-state index in [0.29, 0.717) is 0 Å². The van der Waals surface area contributed by atoms with Crippen LogP contribution in [0.25, 0.3) is 0 Å². The third-order valence-corrected chi connectivity index (χ3v) is 6.86. The second-order valence-corrected chi connectivity index (χ2v) is 8.05. The van der Waals surface area contributed by atoms with Crippen molar-refractivity contribution < 1.29 is 9.47 Å². The van der Waals surface area contributed by atoms with Crippen LogP contribution in [0, 0.1) is 5.92 Å². The average molecular weight is 204 g/mol. The lowest BCUT2D eigenvalue weighted by molar-refractivity contribution is -0.0484. The second kappa shape index (κ2) is 6.57. The first-order valence-electron chi connectivity index (χ1n) is 5.08. The Labute approximate surface area is 84.2 Å². The van der Waals surface area contributed by atoms with Crippen LogP contribution >= 0.6 is 0 Å². The molecule has 0 heterocycles. The van der Waals surface area contributed by atoms with E-state index < -0.39 is 8.80 Å². The van der Waals surface area contributed by atoms with Gasteiger partial charge in [-0.2, -0.15) is 0 Å². The van der Waals surface area contributed by atoms with E-state index >= 15 is 0 Å². The number of hydrogen-bond acceptors (Lipinski definition) is 2. The fourth-order valence-corrected chi connectivity index (χ4v) is 4.87. The molecular weight excluding hydrogens is 180 g/mol. The molecule has 3 heteroatoms. The minimum absolute atomic E-state index is 0.0856. The van der Waals surface area contributed by atoms with Gasteiger partial charge in [-0.1, -0.05) is 33.7 Å². The highest BCUT2D eigenvalue weighted by atomic mass is 28.3. The maximum absolute atomic E-state index is 5.36. The van der Waals surface area contributed by atoms with Crippen molar-refractivity contribution in [1.29, 1.82) is 0 Å². The van der Waals surface area contributed by atoms with E-state index in [4.69, 9.17) is 9.47 Å². The van der Waals surface area contributed by atoms with Crippen LogP contribution in [-0.4, -0.2) is 28.9 Å². The third kappa shape index (κ3) is 4.79. The Morgan fingerprint density at radius 2 is 1.46 bits per heavy atom. The van der Waals surface area contributed by atoms with Gasteiger partial charge in [0, 0.05) is 14.2 Å². The molecule has 0 radical (unpaired) electrons. The van der Waals surface area contributed by atoms with Gasteiger partial charge in [0.05, 0.1) is 0 Å². The largest absolute Gasteiger partial charge is 0.360 e. The van der Waals surface area contributed by atoms with Crippen LogP contribution in [-0.2, 0) is 9.47 Å². The van der Waals surface area contributed by atoms with E-state index in [0.717, 1.165) is 11.5 Å². The van der Waals surface area contributed by atoms with Gasteiger partial charge in [-0.15, -0.1) is 0 Å². The predicted molar refractivity (Wildman–Crippen MR) is 59.7 cm³/mol. The molecule has 0 aromatic rings. The molecule has 0 saturated carbocycles. The lowest BCUT2D eigenvalue weighted by atomic mass is 10.3. The Balaban J connectivity index is 4.21. The maximum Gasteiger partial charge on any atom is 0.137 e. The maximum atomic E-state index is 5.36. The normalized spacial score (nSPS) is 14.5. The lowest BCUT2D eigenvalue weighted by Gasteiger charge is -2.27. The molecule has 0 spiro atoms. The van der Waals surface area contributed by atoms with Crippen LogP contribution in [0.2, 0.25) is 11.6 Å². The van der Waals surface area contributed by atoms with E-state index in [1.807, 2.05) is 0 Å². The molecule has 0 aromatic carbocycles. The van der Waals surface area contributed by atoms with Gasteiger partial charge in [0.1, 0.15) is 14.7 Å². The topological polar surface area (TPSA) is 18.5 Å². The van der Waals surface area contributed by atoms with Gasteiger partial charge in [0.25, 0.3) is 0 Å². The Hall–Kier alpha value is 0.137. The lowest BCUT2D eigenvalue weighted by Crippen LogP contribution is -2.37. The summed E-state index contributed by atoms with van der Waals surface area (Å²) in [5.74, 6) is 0.842. The van der Waals surface area contributed by atoms with Crippen LogP contribution in [0.15, 0.2) is 0 Å². The zero-order valence-corrected chi connectivity index (χ0v) is 11.0. The Morgan fingerprint density at radius 3 is 1.69 bits per heavy atom. The average Bonchev–Trinajstić information content (AvgIpc) is 2.04. The summed E-state index contributed by atoms with van der Waals surface area (Å²) in [4.78, 5) is 0. The van der Waals surface area contributed by atoms with Crippen LogP contribution < -0.4 is 0 Å². The van der Waals surface area contributed by atoms with Crippen molar-refractivity contribution in [2.45, 2.75) is 45.2 Å². The van der Waals surface area contributed by atoms with Gasteiger partial charge >= 0.3 is 0 Å². The third-order valence-electron chi connectivity index (χ3n) is 2.41. The van der Waals surface area contributed by atoms with Gasteiger partial charge in [-0.25, -0.2) is 0 Å². The highest BCUT2D eigenvalue weighted by Gasteiger charge is 2.26. The Bertz CT molecular complexity index is 122. The first-order valence-corrected chi connectivity index (χ1v) is 7.23. The van der Waals surface area contributed by atoms with E-state index in [1.54, 1.807) is 14.2 Å².